The van der Waals surface area contributed by atoms with E-state index in [1.54, 1.807) is 0 Å². The fourth-order valence-corrected chi connectivity index (χ4v) is 2.78. The van der Waals surface area contributed by atoms with Crippen LogP contribution in [0.5, 0.6) is 0 Å². The second-order valence-corrected chi connectivity index (χ2v) is 4.63. The van der Waals surface area contributed by atoms with Crippen LogP contribution in [0, 0.1) is 0 Å². The molecule has 3 heteroatoms. The Kier molecular flexibility index (Phi) is 4.40. The SMILES string of the molecule is CCCNC1(CO)CCCSC1. The summed E-state index contributed by atoms with van der Waals surface area (Å²) in [4.78, 5) is 0. The molecule has 12 heavy (non-hydrogen) atoms. The lowest BCUT2D eigenvalue weighted by Gasteiger charge is -2.36. The molecule has 0 aliphatic carbocycles. The highest BCUT2D eigenvalue weighted by atomic mass is 32.2. The molecule has 1 rings (SSSR count). The predicted octanol–water partition coefficient (Wildman–Crippen LogP) is 1.24. The van der Waals surface area contributed by atoms with E-state index in [4.69, 9.17) is 0 Å². The number of hydrogen-bond acceptors (Lipinski definition) is 3. The number of rotatable bonds is 4. The third-order valence-corrected chi connectivity index (χ3v) is 3.71. The van der Waals surface area contributed by atoms with Gasteiger partial charge < -0.3 is 10.4 Å². The summed E-state index contributed by atoms with van der Waals surface area (Å²) >= 11 is 1.95. The minimum atomic E-state index is 0.0406. The van der Waals surface area contributed by atoms with Gasteiger partial charge in [0.25, 0.3) is 0 Å². The lowest BCUT2D eigenvalue weighted by atomic mass is 9.96. The Labute approximate surface area is 79.1 Å². The Balaban J connectivity index is 2.37. The highest BCUT2D eigenvalue weighted by Crippen LogP contribution is 2.26. The van der Waals surface area contributed by atoms with Crippen LogP contribution in [0.2, 0.25) is 0 Å². The second-order valence-electron chi connectivity index (χ2n) is 3.52. The van der Waals surface area contributed by atoms with Gasteiger partial charge in [0.15, 0.2) is 0 Å². The summed E-state index contributed by atoms with van der Waals surface area (Å²) in [6.07, 6.45) is 3.52. The van der Waals surface area contributed by atoms with Crippen LogP contribution in [0.25, 0.3) is 0 Å². The van der Waals surface area contributed by atoms with Crippen LogP contribution in [0.15, 0.2) is 0 Å². The van der Waals surface area contributed by atoms with Crippen molar-refractivity contribution < 1.29 is 5.11 Å². The van der Waals surface area contributed by atoms with Gasteiger partial charge in [-0.3, -0.25) is 0 Å². The van der Waals surface area contributed by atoms with E-state index in [9.17, 15) is 5.11 Å². The van der Waals surface area contributed by atoms with Gasteiger partial charge >= 0.3 is 0 Å². The smallest absolute Gasteiger partial charge is 0.0621 e. The van der Waals surface area contributed by atoms with Gasteiger partial charge in [0.05, 0.1) is 12.1 Å². The molecule has 0 spiro atoms. The van der Waals surface area contributed by atoms with Crippen LogP contribution >= 0.6 is 11.8 Å². The molecule has 0 aromatic rings. The molecule has 1 saturated heterocycles. The van der Waals surface area contributed by atoms with E-state index < -0.39 is 0 Å². The summed E-state index contributed by atoms with van der Waals surface area (Å²) in [7, 11) is 0. The maximum atomic E-state index is 9.29. The average molecular weight is 189 g/mol. The Bertz CT molecular complexity index is 124. The van der Waals surface area contributed by atoms with Gasteiger partial charge in [-0.05, 0) is 31.6 Å². The fourth-order valence-electron chi connectivity index (χ4n) is 1.56. The molecule has 1 atom stereocenters. The van der Waals surface area contributed by atoms with Gasteiger partial charge in [0, 0.05) is 5.75 Å². The minimum absolute atomic E-state index is 0.0406. The van der Waals surface area contributed by atoms with Crippen LogP contribution in [0.1, 0.15) is 26.2 Å². The summed E-state index contributed by atoms with van der Waals surface area (Å²) in [6, 6.07) is 0. The zero-order chi connectivity index (χ0) is 8.86. The van der Waals surface area contributed by atoms with Gasteiger partial charge in [-0.25, -0.2) is 0 Å². The molecule has 1 unspecified atom stereocenters. The Morgan fingerprint density at radius 3 is 2.92 bits per heavy atom. The van der Waals surface area contributed by atoms with Crippen molar-refractivity contribution in [3.05, 3.63) is 0 Å². The maximum absolute atomic E-state index is 9.29. The van der Waals surface area contributed by atoms with Gasteiger partial charge in [-0.2, -0.15) is 11.8 Å². The van der Waals surface area contributed by atoms with E-state index in [1.165, 1.54) is 12.2 Å². The third kappa shape index (κ3) is 2.64. The van der Waals surface area contributed by atoms with E-state index in [0.29, 0.717) is 6.61 Å². The average Bonchev–Trinajstić information content (AvgIpc) is 2.16. The normalized spacial score (nSPS) is 30.5. The highest BCUT2D eigenvalue weighted by Gasteiger charge is 2.30. The largest absolute Gasteiger partial charge is 0.394 e. The highest BCUT2D eigenvalue weighted by molar-refractivity contribution is 7.99. The molecular weight excluding hydrogens is 170 g/mol. The van der Waals surface area contributed by atoms with Crippen LogP contribution in [-0.2, 0) is 0 Å². The van der Waals surface area contributed by atoms with E-state index >= 15 is 0 Å². The van der Waals surface area contributed by atoms with Gasteiger partial charge in [-0.1, -0.05) is 6.92 Å². The molecule has 0 aromatic heterocycles. The first kappa shape index (κ1) is 10.4. The van der Waals surface area contributed by atoms with Gasteiger partial charge in [-0.15, -0.1) is 0 Å². The zero-order valence-corrected chi connectivity index (χ0v) is 8.62. The van der Waals surface area contributed by atoms with Gasteiger partial charge in [0.2, 0.25) is 0 Å². The molecular formula is C9H19NOS. The number of nitrogens with one attached hydrogen (secondary N) is 1. The van der Waals surface area contributed by atoms with Crippen molar-refractivity contribution >= 4 is 11.8 Å². The number of aliphatic hydroxyl groups is 1. The molecule has 0 aromatic carbocycles. The van der Waals surface area contributed by atoms with E-state index in [-0.39, 0.29) is 5.54 Å². The summed E-state index contributed by atoms with van der Waals surface area (Å²) < 4.78 is 0. The molecule has 1 heterocycles. The zero-order valence-electron chi connectivity index (χ0n) is 7.81. The third-order valence-electron chi connectivity index (χ3n) is 2.38. The van der Waals surface area contributed by atoms with Crippen LogP contribution < -0.4 is 5.32 Å². The minimum Gasteiger partial charge on any atom is -0.394 e. The van der Waals surface area contributed by atoms with Crippen molar-refractivity contribution in [3.8, 4) is 0 Å². The molecule has 0 saturated carbocycles. The van der Waals surface area contributed by atoms with Crippen molar-refractivity contribution in [1.82, 2.24) is 5.32 Å². The van der Waals surface area contributed by atoms with E-state index in [1.807, 2.05) is 11.8 Å². The lowest BCUT2D eigenvalue weighted by molar-refractivity contribution is 0.166. The van der Waals surface area contributed by atoms with Crippen molar-refractivity contribution in [2.45, 2.75) is 31.7 Å². The molecule has 1 aliphatic heterocycles. The molecule has 1 fully saturated rings. The Hall–Kier alpha value is 0.270. The van der Waals surface area contributed by atoms with E-state index in [0.717, 1.165) is 25.1 Å². The Morgan fingerprint density at radius 1 is 1.58 bits per heavy atom. The molecule has 0 radical (unpaired) electrons. The fraction of sp³-hybridized carbons (Fsp3) is 1.00. The van der Waals surface area contributed by atoms with Crippen LogP contribution in [0.4, 0.5) is 0 Å². The van der Waals surface area contributed by atoms with Crippen molar-refractivity contribution in [2.75, 3.05) is 24.7 Å². The monoisotopic (exact) mass is 189 g/mol. The maximum Gasteiger partial charge on any atom is 0.0621 e. The first-order chi connectivity index (χ1) is 5.83. The van der Waals surface area contributed by atoms with Crippen molar-refractivity contribution in [2.24, 2.45) is 0 Å². The van der Waals surface area contributed by atoms with Gasteiger partial charge in [0.1, 0.15) is 0 Å². The first-order valence-corrected chi connectivity index (χ1v) is 5.92. The first-order valence-electron chi connectivity index (χ1n) is 4.76. The topological polar surface area (TPSA) is 32.3 Å². The summed E-state index contributed by atoms with van der Waals surface area (Å²) in [5.41, 5.74) is 0.0406. The van der Waals surface area contributed by atoms with Crippen molar-refractivity contribution in [3.63, 3.8) is 0 Å². The molecule has 2 nitrogen and oxygen atoms in total. The standard InChI is InChI=1S/C9H19NOS/c1-2-5-10-9(7-11)4-3-6-12-8-9/h10-11H,2-8H2,1H3. The molecule has 0 amide bonds. The van der Waals surface area contributed by atoms with Crippen LogP contribution in [-0.4, -0.2) is 35.3 Å². The van der Waals surface area contributed by atoms with Crippen LogP contribution in [0.3, 0.4) is 0 Å². The summed E-state index contributed by atoms with van der Waals surface area (Å²) in [6.45, 7) is 3.48. The Morgan fingerprint density at radius 2 is 2.42 bits per heavy atom. The summed E-state index contributed by atoms with van der Waals surface area (Å²) in [5.74, 6) is 2.33. The predicted molar refractivity (Wildman–Crippen MR) is 54.7 cm³/mol. The van der Waals surface area contributed by atoms with Crippen molar-refractivity contribution in [1.29, 1.82) is 0 Å². The molecule has 72 valence electrons. The molecule has 2 N–H and O–H groups in total. The quantitative estimate of drug-likeness (QED) is 0.698. The number of thioether (sulfide) groups is 1. The molecule has 0 bridgehead atoms. The van der Waals surface area contributed by atoms with E-state index in [2.05, 4.69) is 12.2 Å². The summed E-state index contributed by atoms with van der Waals surface area (Å²) in [5, 5.41) is 12.8. The number of aliphatic hydroxyl groups excluding tert-OH is 1. The second kappa shape index (κ2) is 5.10. The number of hydrogen-bond donors (Lipinski definition) is 2. The molecule has 1 aliphatic rings. The lowest BCUT2D eigenvalue weighted by Crippen LogP contribution is -2.52.